The quantitative estimate of drug-likeness (QED) is 0.414. The Bertz CT molecular complexity index is 602. The first-order valence-corrected chi connectivity index (χ1v) is 8.96. The third kappa shape index (κ3) is 5.81. The molecule has 0 aliphatic carbocycles. The highest BCUT2D eigenvalue weighted by Gasteiger charge is 2.33. The molecule has 0 heterocycles. The summed E-state index contributed by atoms with van der Waals surface area (Å²) in [5.74, 6) is -0.975. The van der Waals surface area contributed by atoms with Crippen LogP contribution in [0.4, 0.5) is 0 Å². The summed E-state index contributed by atoms with van der Waals surface area (Å²) < 4.78 is 30.0. The fourth-order valence-electron chi connectivity index (χ4n) is 2.24. The van der Waals surface area contributed by atoms with Crippen LogP contribution in [0.3, 0.4) is 0 Å². The van der Waals surface area contributed by atoms with Gasteiger partial charge < -0.3 is 15.1 Å². The topological polar surface area (TPSA) is 113 Å². The number of hydrogen-bond donors (Lipinski definition) is 3. The van der Waals surface area contributed by atoms with Crippen molar-refractivity contribution in [3.63, 3.8) is 0 Å². The molecule has 3 N–H and O–H groups in total. The lowest BCUT2D eigenvalue weighted by molar-refractivity contribution is -0.136. The molecule has 0 aromatic heterocycles. The van der Waals surface area contributed by atoms with Crippen LogP contribution < -0.4 is 10.2 Å². The van der Waals surface area contributed by atoms with E-state index in [-0.39, 0.29) is 11.3 Å². The molecule has 8 heteroatoms. The Hall–Kier alpha value is -1.64. The Labute approximate surface area is 136 Å². The standard InChI is InChI=1S/C15H23NO6S/c1-22-12-7-6-8-13(11-12)23(20,21)14(15(17)18)9-4-2-3-5-10-16-19/h6-8,11,14,16,19H,2-5,9-10H2,1H3,(H,17,18). The molecule has 0 saturated heterocycles. The smallest absolute Gasteiger partial charge is 0.322 e. The van der Waals surface area contributed by atoms with E-state index in [4.69, 9.17) is 9.94 Å². The number of hydroxylamine groups is 1. The number of nitrogens with one attached hydrogen (secondary N) is 1. The predicted octanol–water partition coefficient (Wildman–Crippen LogP) is 1.85. The molecule has 7 nitrogen and oxygen atoms in total. The third-order valence-electron chi connectivity index (χ3n) is 3.52. The van der Waals surface area contributed by atoms with Gasteiger partial charge in [-0.05, 0) is 31.0 Å². The van der Waals surface area contributed by atoms with Gasteiger partial charge in [-0.1, -0.05) is 25.3 Å². The van der Waals surface area contributed by atoms with Crippen LogP contribution in [0.15, 0.2) is 29.2 Å². The average molecular weight is 345 g/mol. The van der Waals surface area contributed by atoms with Crippen molar-refractivity contribution in [2.75, 3.05) is 13.7 Å². The molecule has 0 aliphatic rings. The summed E-state index contributed by atoms with van der Waals surface area (Å²) in [6.07, 6.45) is 2.79. The van der Waals surface area contributed by atoms with Crippen molar-refractivity contribution in [2.24, 2.45) is 0 Å². The Morgan fingerprint density at radius 1 is 1.26 bits per heavy atom. The highest BCUT2D eigenvalue weighted by atomic mass is 32.2. The molecule has 1 aromatic rings. The van der Waals surface area contributed by atoms with E-state index in [2.05, 4.69) is 0 Å². The van der Waals surface area contributed by atoms with Crippen LogP contribution in [0.1, 0.15) is 32.1 Å². The number of rotatable bonds is 11. The third-order valence-corrected chi connectivity index (χ3v) is 5.62. The molecule has 1 atom stereocenters. The first kappa shape index (κ1) is 19.4. The monoisotopic (exact) mass is 345 g/mol. The van der Waals surface area contributed by atoms with Gasteiger partial charge in [0.1, 0.15) is 5.75 Å². The van der Waals surface area contributed by atoms with E-state index in [9.17, 15) is 18.3 Å². The van der Waals surface area contributed by atoms with Crippen molar-refractivity contribution in [1.82, 2.24) is 5.48 Å². The van der Waals surface area contributed by atoms with Crippen molar-refractivity contribution in [2.45, 2.75) is 42.2 Å². The molecule has 0 saturated carbocycles. The number of carbonyl (C=O) groups is 1. The second-order valence-corrected chi connectivity index (χ2v) is 7.29. The number of sulfone groups is 1. The number of aliphatic carboxylic acids is 1. The molecule has 130 valence electrons. The Kier molecular flexibility index (Phi) is 8.01. The van der Waals surface area contributed by atoms with Gasteiger partial charge >= 0.3 is 5.97 Å². The van der Waals surface area contributed by atoms with E-state index >= 15 is 0 Å². The molecular formula is C15H23NO6S. The molecule has 0 bridgehead atoms. The lowest BCUT2D eigenvalue weighted by atomic mass is 10.1. The maximum atomic E-state index is 12.5. The minimum Gasteiger partial charge on any atom is -0.497 e. The summed E-state index contributed by atoms with van der Waals surface area (Å²) >= 11 is 0. The van der Waals surface area contributed by atoms with Gasteiger partial charge in [0.15, 0.2) is 15.1 Å². The maximum Gasteiger partial charge on any atom is 0.322 e. The van der Waals surface area contributed by atoms with Crippen LogP contribution >= 0.6 is 0 Å². The van der Waals surface area contributed by atoms with Crippen molar-refractivity contribution in [1.29, 1.82) is 0 Å². The molecule has 0 aliphatic heterocycles. The van der Waals surface area contributed by atoms with E-state index in [1.165, 1.54) is 25.3 Å². The summed E-state index contributed by atoms with van der Waals surface area (Å²) in [6, 6.07) is 5.83. The number of ether oxygens (including phenoxy) is 1. The lowest BCUT2D eigenvalue weighted by Crippen LogP contribution is -2.30. The zero-order valence-corrected chi connectivity index (χ0v) is 13.9. The fourth-order valence-corrected chi connectivity index (χ4v) is 3.86. The highest BCUT2D eigenvalue weighted by molar-refractivity contribution is 7.92. The van der Waals surface area contributed by atoms with Crippen molar-refractivity contribution >= 4 is 15.8 Å². The molecule has 1 rings (SSSR count). The average Bonchev–Trinajstić information content (AvgIpc) is 2.53. The van der Waals surface area contributed by atoms with E-state index in [0.29, 0.717) is 25.1 Å². The Balaban J connectivity index is 2.76. The second kappa shape index (κ2) is 9.49. The summed E-state index contributed by atoms with van der Waals surface area (Å²) in [5.41, 5.74) is 2.04. The minimum atomic E-state index is -3.96. The largest absolute Gasteiger partial charge is 0.497 e. The number of unbranched alkanes of at least 4 members (excludes halogenated alkanes) is 3. The van der Waals surface area contributed by atoms with Gasteiger partial charge in [0.25, 0.3) is 0 Å². The van der Waals surface area contributed by atoms with Gasteiger partial charge in [0.05, 0.1) is 12.0 Å². The van der Waals surface area contributed by atoms with Crippen molar-refractivity contribution in [3.8, 4) is 5.75 Å². The maximum absolute atomic E-state index is 12.5. The first-order chi connectivity index (χ1) is 10.9. The summed E-state index contributed by atoms with van der Waals surface area (Å²) in [4.78, 5) is 11.3. The molecule has 23 heavy (non-hydrogen) atoms. The van der Waals surface area contributed by atoms with Crippen LogP contribution in [-0.4, -0.2) is 43.6 Å². The fraction of sp³-hybridized carbons (Fsp3) is 0.533. The number of hydrogen-bond acceptors (Lipinski definition) is 6. The van der Waals surface area contributed by atoms with Crippen molar-refractivity contribution < 1.29 is 28.3 Å². The van der Waals surface area contributed by atoms with E-state index < -0.39 is 21.1 Å². The molecular weight excluding hydrogens is 322 g/mol. The Morgan fingerprint density at radius 3 is 2.57 bits per heavy atom. The number of benzene rings is 1. The first-order valence-electron chi connectivity index (χ1n) is 7.41. The molecule has 1 aromatic carbocycles. The molecule has 0 spiro atoms. The zero-order valence-electron chi connectivity index (χ0n) is 13.1. The minimum absolute atomic E-state index is 0.0475. The molecule has 0 fully saturated rings. The van der Waals surface area contributed by atoms with Crippen molar-refractivity contribution in [3.05, 3.63) is 24.3 Å². The van der Waals surface area contributed by atoms with Gasteiger partial charge in [0, 0.05) is 6.54 Å². The predicted molar refractivity (Wildman–Crippen MR) is 84.5 cm³/mol. The van der Waals surface area contributed by atoms with E-state index in [0.717, 1.165) is 12.8 Å². The second-order valence-electron chi connectivity index (χ2n) is 5.16. The van der Waals surface area contributed by atoms with Gasteiger partial charge in [-0.3, -0.25) is 4.79 Å². The van der Waals surface area contributed by atoms with Gasteiger partial charge in [-0.25, -0.2) is 13.9 Å². The zero-order chi connectivity index (χ0) is 17.3. The Morgan fingerprint density at radius 2 is 1.96 bits per heavy atom. The molecule has 1 unspecified atom stereocenters. The SMILES string of the molecule is COc1cccc(S(=O)(=O)C(CCCCCCNO)C(=O)O)c1. The van der Waals surface area contributed by atoms with Gasteiger partial charge in [-0.15, -0.1) is 0 Å². The summed E-state index contributed by atoms with van der Waals surface area (Å²) in [7, 11) is -2.54. The van der Waals surface area contributed by atoms with Crippen LogP contribution in [0.25, 0.3) is 0 Å². The number of carboxylic acids is 1. The lowest BCUT2D eigenvalue weighted by Gasteiger charge is -2.14. The van der Waals surface area contributed by atoms with Gasteiger partial charge in [-0.2, -0.15) is 0 Å². The van der Waals surface area contributed by atoms with Crippen LogP contribution in [0.2, 0.25) is 0 Å². The number of methoxy groups -OCH3 is 1. The molecule has 0 radical (unpaired) electrons. The highest BCUT2D eigenvalue weighted by Crippen LogP contribution is 2.24. The molecule has 0 amide bonds. The summed E-state index contributed by atoms with van der Waals surface area (Å²) in [5, 5.41) is 16.3. The summed E-state index contributed by atoms with van der Waals surface area (Å²) in [6.45, 7) is 0.463. The number of carboxylic acid groups (broad SMARTS) is 1. The van der Waals surface area contributed by atoms with Crippen LogP contribution in [0.5, 0.6) is 5.75 Å². The van der Waals surface area contributed by atoms with Crippen LogP contribution in [-0.2, 0) is 14.6 Å². The normalized spacial score (nSPS) is 12.8. The van der Waals surface area contributed by atoms with E-state index in [1.54, 1.807) is 6.07 Å². The van der Waals surface area contributed by atoms with Crippen LogP contribution in [0, 0.1) is 0 Å². The van der Waals surface area contributed by atoms with Gasteiger partial charge in [0.2, 0.25) is 0 Å². The van der Waals surface area contributed by atoms with E-state index in [1.807, 2.05) is 5.48 Å².